The fraction of sp³-hybridized carbons (Fsp3) is 0.235. The lowest BCUT2D eigenvalue weighted by molar-refractivity contribution is -0.118. The molecule has 1 N–H and O–H groups in total. The molecule has 1 amide bonds. The van der Waals surface area contributed by atoms with Gasteiger partial charge in [-0.25, -0.2) is 0 Å². The molecule has 0 heterocycles. The minimum Gasteiger partial charge on any atom is -0.483 e. The highest BCUT2D eigenvalue weighted by Gasteiger charge is 2.09. The van der Waals surface area contributed by atoms with Crippen molar-refractivity contribution < 1.29 is 9.53 Å². The highest BCUT2D eigenvalue weighted by Crippen LogP contribution is 2.24. The molecule has 0 saturated carbocycles. The molecule has 0 bridgehead atoms. The van der Waals surface area contributed by atoms with Gasteiger partial charge in [0.2, 0.25) is 0 Å². The Morgan fingerprint density at radius 2 is 1.81 bits per heavy atom. The quantitative estimate of drug-likeness (QED) is 0.890. The number of halogens is 1. The zero-order valence-corrected chi connectivity index (χ0v) is 14.0. The molecular weight excluding hydrogens is 330 g/mol. The Balaban J connectivity index is 1.99. The summed E-state index contributed by atoms with van der Waals surface area (Å²) >= 11 is 3.44. The minimum atomic E-state index is -0.179. The number of aryl methyl sites for hydroxylation is 3. The number of rotatable bonds is 4. The van der Waals surface area contributed by atoms with E-state index in [2.05, 4.69) is 21.2 Å². The Hall–Kier alpha value is -1.81. The maximum atomic E-state index is 12.0. The summed E-state index contributed by atoms with van der Waals surface area (Å²) in [4.78, 5) is 12.0. The molecule has 2 aromatic rings. The van der Waals surface area contributed by atoms with Crippen LogP contribution in [0.1, 0.15) is 16.7 Å². The van der Waals surface area contributed by atoms with E-state index in [1.165, 1.54) is 0 Å². The van der Waals surface area contributed by atoms with E-state index in [1.807, 2.05) is 57.2 Å². The number of carbonyl (C=O) groups excluding carboxylic acids is 1. The molecule has 0 saturated heterocycles. The van der Waals surface area contributed by atoms with Gasteiger partial charge in [0.15, 0.2) is 6.61 Å². The van der Waals surface area contributed by atoms with Crippen molar-refractivity contribution in [3.8, 4) is 5.75 Å². The molecule has 0 aliphatic rings. The Kier molecular flexibility index (Phi) is 5.02. The zero-order valence-electron chi connectivity index (χ0n) is 12.4. The van der Waals surface area contributed by atoms with Gasteiger partial charge in [0, 0.05) is 4.47 Å². The Morgan fingerprint density at radius 3 is 2.43 bits per heavy atom. The monoisotopic (exact) mass is 347 g/mol. The number of nitrogens with one attached hydrogen (secondary N) is 1. The number of amides is 1. The van der Waals surface area contributed by atoms with Crippen LogP contribution in [0.5, 0.6) is 5.75 Å². The van der Waals surface area contributed by atoms with E-state index in [0.717, 1.165) is 32.6 Å². The lowest BCUT2D eigenvalue weighted by atomic mass is 10.1. The van der Waals surface area contributed by atoms with Gasteiger partial charge in [-0.05, 0) is 65.5 Å². The highest BCUT2D eigenvalue weighted by atomic mass is 79.9. The predicted molar refractivity (Wildman–Crippen MR) is 88.9 cm³/mol. The third-order valence-electron chi connectivity index (χ3n) is 3.16. The fourth-order valence-electron chi connectivity index (χ4n) is 2.07. The topological polar surface area (TPSA) is 38.3 Å². The van der Waals surface area contributed by atoms with Crippen LogP contribution >= 0.6 is 15.9 Å². The number of hydrogen-bond donors (Lipinski definition) is 1. The fourth-order valence-corrected chi connectivity index (χ4v) is 2.66. The van der Waals surface area contributed by atoms with Gasteiger partial charge in [0.25, 0.3) is 5.91 Å². The average molecular weight is 348 g/mol. The van der Waals surface area contributed by atoms with E-state index >= 15 is 0 Å². The molecule has 0 radical (unpaired) electrons. The number of para-hydroxylation sites is 1. The standard InChI is InChI=1S/C17H18BrNO2/c1-11-7-8-15(14(18)9-11)19-16(20)10-21-17-12(2)5-4-6-13(17)3/h4-9H,10H2,1-3H3,(H,19,20). The molecule has 0 fully saturated rings. The molecule has 0 aliphatic carbocycles. The number of benzene rings is 2. The van der Waals surface area contributed by atoms with Crippen LogP contribution in [0.15, 0.2) is 40.9 Å². The first-order valence-electron chi connectivity index (χ1n) is 6.72. The van der Waals surface area contributed by atoms with Gasteiger partial charge in [-0.1, -0.05) is 24.3 Å². The number of ether oxygens (including phenoxy) is 1. The van der Waals surface area contributed by atoms with Gasteiger partial charge in [0.05, 0.1) is 5.69 Å². The summed E-state index contributed by atoms with van der Waals surface area (Å²) in [7, 11) is 0. The van der Waals surface area contributed by atoms with Crippen LogP contribution in [-0.4, -0.2) is 12.5 Å². The van der Waals surface area contributed by atoms with Crippen molar-refractivity contribution in [1.29, 1.82) is 0 Å². The molecular formula is C17H18BrNO2. The van der Waals surface area contributed by atoms with Crippen LogP contribution in [-0.2, 0) is 4.79 Å². The normalized spacial score (nSPS) is 10.3. The van der Waals surface area contributed by atoms with E-state index in [-0.39, 0.29) is 12.5 Å². The predicted octanol–water partition coefficient (Wildman–Crippen LogP) is 4.39. The molecule has 2 aromatic carbocycles. The Labute approximate surface area is 133 Å². The molecule has 0 unspecified atom stereocenters. The number of anilines is 1. The molecule has 110 valence electrons. The minimum absolute atomic E-state index is 0.00793. The smallest absolute Gasteiger partial charge is 0.262 e. The molecule has 3 nitrogen and oxygen atoms in total. The van der Waals surface area contributed by atoms with Gasteiger partial charge >= 0.3 is 0 Å². The first-order valence-corrected chi connectivity index (χ1v) is 7.51. The van der Waals surface area contributed by atoms with Crippen LogP contribution in [0.4, 0.5) is 5.69 Å². The zero-order chi connectivity index (χ0) is 15.4. The van der Waals surface area contributed by atoms with Crippen LogP contribution in [0.2, 0.25) is 0 Å². The molecule has 4 heteroatoms. The van der Waals surface area contributed by atoms with Crippen molar-refractivity contribution in [2.24, 2.45) is 0 Å². The summed E-state index contributed by atoms with van der Waals surface area (Å²) in [6, 6.07) is 11.7. The van der Waals surface area contributed by atoms with E-state index in [9.17, 15) is 4.79 Å². The van der Waals surface area contributed by atoms with Gasteiger partial charge in [-0.2, -0.15) is 0 Å². The third-order valence-corrected chi connectivity index (χ3v) is 3.81. The Morgan fingerprint density at radius 1 is 1.14 bits per heavy atom. The van der Waals surface area contributed by atoms with E-state index < -0.39 is 0 Å². The van der Waals surface area contributed by atoms with Gasteiger partial charge in [0.1, 0.15) is 5.75 Å². The maximum absolute atomic E-state index is 12.0. The lowest BCUT2D eigenvalue weighted by Gasteiger charge is -2.12. The van der Waals surface area contributed by atoms with Crippen LogP contribution in [0.3, 0.4) is 0 Å². The summed E-state index contributed by atoms with van der Waals surface area (Å²) in [6.45, 7) is 5.93. The van der Waals surface area contributed by atoms with Crippen LogP contribution in [0, 0.1) is 20.8 Å². The molecule has 0 aliphatic heterocycles. The maximum Gasteiger partial charge on any atom is 0.262 e. The van der Waals surface area contributed by atoms with E-state index in [4.69, 9.17) is 4.74 Å². The third kappa shape index (κ3) is 4.08. The number of hydrogen-bond acceptors (Lipinski definition) is 2. The van der Waals surface area contributed by atoms with Crippen molar-refractivity contribution in [3.63, 3.8) is 0 Å². The van der Waals surface area contributed by atoms with Crippen LogP contribution in [0.25, 0.3) is 0 Å². The number of carbonyl (C=O) groups is 1. The summed E-state index contributed by atoms with van der Waals surface area (Å²) in [5.74, 6) is 0.595. The van der Waals surface area contributed by atoms with Gasteiger partial charge in [-0.3, -0.25) is 4.79 Å². The Bertz CT molecular complexity index is 648. The molecule has 21 heavy (non-hydrogen) atoms. The van der Waals surface area contributed by atoms with Gasteiger partial charge < -0.3 is 10.1 Å². The largest absolute Gasteiger partial charge is 0.483 e. The summed E-state index contributed by atoms with van der Waals surface area (Å²) in [5, 5.41) is 2.84. The lowest BCUT2D eigenvalue weighted by Crippen LogP contribution is -2.21. The van der Waals surface area contributed by atoms with Crippen molar-refractivity contribution in [2.75, 3.05) is 11.9 Å². The molecule has 0 aromatic heterocycles. The molecule has 0 spiro atoms. The van der Waals surface area contributed by atoms with Crippen molar-refractivity contribution in [1.82, 2.24) is 0 Å². The molecule has 0 atom stereocenters. The second-order valence-electron chi connectivity index (χ2n) is 5.04. The summed E-state index contributed by atoms with van der Waals surface area (Å²) < 4.78 is 6.50. The second kappa shape index (κ2) is 6.76. The first kappa shape index (κ1) is 15.6. The second-order valence-corrected chi connectivity index (χ2v) is 5.90. The average Bonchev–Trinajstić information content (AvgIpc) is 2.41. The first-order chi connectivity index (χ1) is 9.97. The van der Waals surface area contributed by atoms with Gasteiger partial charge in [-0.15, -0.1) is 0 Å². The van der Waals surface area contributed by atoms with Crippen LogP contribution < -0.4 is 10.1 Å². The highest BCUT2D eigenvalue weighted by molar-refractivity contribution is 9.10. The van der Waals surface area contributed by atoms with E-state index in [0.29, 0.717) is 0 Å². The molecule has 2 rings (SSSR count). The summed E-state index contributed by atoms with van der Waals surface area (Å²) in [5.41, 5.74) is 3.93. The SMILES string of the molecule is Cc1ccc(NC(=O)COc2c(C)cccc2C)c(Br)c1. The van der Waals surface area contributed by atoms with Crippen molar-refractivity contribution in [3.05, 3.63) is 57.6 Å². The van der Waals surface area contributed by atoms with E-state index in [1.54, 1.807) is 0 Å². The summed E-state index contributed by atoms with van der Waals surface area (Å²) in [6.07, 6.45) is 0. The van der Waals surface area contributed by atoms with Crippen molar-refractivity contribution >= 4 is 27.5 Å². The van der Waals surface area contributed by atoms with Crippen molar-refractivity contribution in [2.45, 2.75) is 20.8 Å².